The largest absolute Gasteiger partial charge is 0.464 e. The first-order valence-corrected chi connectivity index (χ1v) is 4.29. The first-order valence-electron chi connectivity index (χ1n) is 4.29. The summed E-state index contributed by atoms with van der Waals surface area (Å²) >= 11 is 0. The van der Waals surface area contributed by atoms with Crippen molar-refractivity contribution in [3.63, 3.8) is 0 Å². The fraction of sp³-hybridized carbons (Fsp3) is 0.750. The average Bonchev–Trinajstić information content (AvgIpc) is 2.25. The van der Waals surface area contributed by atoms with Gasteiger partial charge in [-0.3, -0.25) is 0 Å². The lowest BCUT2D eigenvalue weighted by Gasteiger charge is -2.22. The van der Waals surface area contributed by atoms with Gasteiger partial charge in [0.1, 0.15) is 18.3 Å². The van der Waals surface area contributed by atoms with E-state index in [0.717, 1.165) is 0 Å². The van der Waals surface area contributed by atoms with E-state index < -0.39 is 30.4 Å². The summed E-state index contributed by atoms with van der Waals surface area (Å²) < 4.78 is 4.36. The summed E-state index contributed by atoms with van der Waals surface area (Å²) in [6.45, 7) is 1.49. The van der Waals surface area contributed by atoms with Crippen LogP contribution in [0.15, 0.2) is 0 Å². The van der Waals surface area contributed by atoms with Gasteiger partial charge in [0.15, 0.2) is 12.4 Å². The molecule has 0 unspecified atom stereocenters. The predicted molar refractivity (Wildman–Crippen MR) is 46.7 cm³/mol. The molecule has 0 aliphatic heterocycles. The quantitative estimate of drug-likeness (QED) is 0.282. The highest BCUT2D eigenvalue weighted by Crippen LogP contribution is 2.05. The van der Waals surface area contributed by atoms with Crippen molar-refractivity contribution in [3.8, 4) is 0 Å². The summed E-state index contributed by atoms with van der Waals surface area (Å²) in [7, 11) is 0. The number of hydrogen-bond acceptors (Lipinski definition) is 7. The van der Waals surface area contributed by atoms with Crippen molar-refractivity contribution in [2.24, 2.45) is 0 Å². The SMILES string of the molecule is CCOC(=O)[C@@H](O)[C@@H](O)[C@@H](O)[C@H](O)C=O. The van der Waals surface area contributed by atoms with Crippen LogP contribution >= 0.6 is 0 Å². The summed E-state index contributed by atoms with van der Waals surface area (Å²) in [4.78, 5) is 20.9. The minimum atomic E-state index is -2.01. The molecule has 0 saturated heterocycles. The first-order chi connectivity index (χ1) is 6.95. The Bertz CT molecular complexity index is 217. The van der Waals surface area contributed by atoms with Crippen molar-refractivity contribution < 1.29 is 34.8 Å². The summed E-state index contributed by atoms with van der Waals surface area (Å²) in [5.74, 6) is -1.14. The molecule has 0 aromatic heterocycles. The number of carbonyl (C=O) groups excluding carboxylic acids is 2. The summed E-state index contributed by atoms with van der Waals surface area (Å²) in [6, 6.07) is 0. The molecule has 7 heteroatoms. The highest BCUT2D eigenvalue weighted by Gasteiger charge is 2.34. The molecule has 0 amide bonds. The number of carbonyl (C=O) groups is 2. The van der Waals surface area contributed by atoms with Gasteiger partial charge in [0.2, 0.25) is 0 Å². The van der Waals surface area contributed by atoms with Crippen molar-refractivity contribution in [2.45, 2.75) is 31.3 Å². The Morgan fingerprint density at radius 1 is 1.27 bits per heavy atom. The second-order valence-corrected chi connectivity index (χ2v) is 2.80. The maximum absolute atomic E-state index is 10.9. The molecule has 0 spiro atoms. The highest BCUT2D eigenvalue weighted by molar-refractivity contribution is 5.75. The van der Waals surface area contributed by atoms with Gasteiger partial charge in [-0.05, 0) is 6.92 Å². The molecule has 0 aromatic carbocycles. The van der Waals surface area contributed by atoms with E-state index in [1.165, 1.54) is 6.92 Å². The monoisotopic (exact) mass is 222 g/mol. The molecule has 0 aliphatic rings. The molecule has 0 aliphatic carbocycles. The van der Waals surface area contributed by atoms with Crippen LogP contribution in [0.2, 0.25) is 0 Å². The van der Waals surface area contributed by atoms with Crippen LogP contribution in [-0.4, -0.2) is 63.7 Å². The lowest BCUT2D eigenvalue weighted by atomic mass is 10.0. The number of rotatable bonds is 6. The van der Waals surface area contributed by atoms with Gasteiger partial charge in [-0.1, -0.05) is 0 Å². The molecule has 4 atom stereocenters. The fourth-order valence-electron chi connectivity index (χ4n) is 0.836. The van der Waals surface area contributed by atoms with Crippen LogP contribution in [0, 0.1) is 0 Å². The lowest BCUT2D eigenvalue weighted by molar-refractivity contribution is -0.169. The zero-order valence-corrected chi connectivity index (χ0v) is 8.11. The summed E-state index contributed by atoms with van der Waals surface area (Å²) in [5.41, 5.74) is 0. The second kappa shape index (κ2) is 6.46. The van der Waals surface area contributed by atoms with E-state index in [4.69, 9.17) is 20.4 Å². The number of ether oxygens (including phenoxy) is 1. The predicted octanol–water partition coefficient (Wildman–Crippen LogP) is -2.81. The topological polar surface area (TPSA) is 124 Å². The van der Waals surface area contributed by atoms with E-state index >= 15 is 0 Å². The third kappa shape index (κ3) is 3.92. The molecule has 0 rings (SSSR count). The van der Waals surface area contributed by atoms with Crippen molar-refractivity contribution in [1.82, 2.24) is 0 Å². The minimum absolute atomic E-state index is 0.00502. The zero-order chi connectivity index (χ0) is 12.0. The van der Waals surface area contributed by atoms with Crippen LogP contribution < -0.4 is 0 Å². The van der Waals surface area contributed by atoms with Gasteiger partial charge >= 0.3 is 5.97 Å². The fourth-order valence-corrected chi connectivity index (χ4v) is 0.836. The Balaban J connectivity index is 4.35. The van der Waals surface area contributed by atoms with Crippen molar-refractivity contribution in [2.75, 3.05) is 6.61 Å². The molecule has 7 nitrogen and oxygen atoms in total. The van der Waals surface area contributed by atoms with E-state index in [9.17, 15) is 9.59 Å². The molecule has 0 saturated carbocycles. The Morgan fingerprint density at radius 2 is 1.80 bits per heavy atom. The second-order valence-electron chi connectivity index (χ2n) is 2.80. The lowest BCUT2D eigenvalue weighted by Crippen LogP contribution is -2.48. The molecule has 0 bridgehead atoms. The van der Waals surface area contributed by atoms with Gasteiger partial charge in [0, 0.05) is 0 Å². The number of hydrogen-bond donors (Lipinski definition) is 4. The molecule has 88 valence electrons. The van der Waals surface area contributed by atoms with E-state index in [1.807, 2.05) is 0 Å². The molecule has 0 radical (unpaired) electrons. The number of aliphatic hydroxyl groups is 4. The van der Waals surface area contributed by atoms with E-state index in [1.54, 1.807) is 0 Å². The first kappa shape index (κ1) is 14.0. The molecule has 0 heterocycles. The van der Waals surface area contributed by atoms with Gasteiger partial charge in [0.25, 0.3) is 0 Å². The molecule has 4 N–H and O–H groups in total. The Morgan fingerprint density at radius 3 is 2.20 bits per heavy atom. The van der Waals surface area contributed by atoms with Gasteiger partial charge in [-0.2, -0.15) is 0 Å². The Kier molecular flexibility index (Phi) is 6.02. The van der Waals surface area contributed by atoms with Crippen molar-refractivity contribution >= 4 is 12.3 Å². The summed E-state index contributed by atoms with van der Waals surface area (Å²) in [5, 5.41) is 36.2. The standard InChI is InChI=1S/C8H14O7/c1-2-15-8(14)7(13)6(12)5(11)4(10)3-9/h3-7,10-13H,2H2,1H3/t4-,5+,6+,7+/m1/s1. The smallest absolute Gasteiger partial charge is 0.337 e. The van der Waals surface area contributed by atoms with Gasteiger partial charge in [-0.25, -0.2) is 4.79 Å². The number of aliphatic hydroxyl groups excluding tert-OH is 4. The van der Waals surface area contributed by atoms with Crippen LogP contribution in [-0.2, 0) is 14.3 Å². The van der Waals surface area contributed by atoms with E-state index in [2.05, 4.69) is 4.74 Å². The molecular formula is C8H14O7. The molecule has 15 heavy (non-hydrogen) atoms. The van der Waals surface area contributed by atoms with Crippen LogP contribution in [0.5, 0.6) is 0 Å². The Hall–Kier alpha value is -1.02. The maximum Gasteiger partial charge on any atom is 0.337 e. The van der Waals surface area contributed by atoms with Crippen molar-refractivity contribution in [1.29, 1.82) is 0 Å². The molecule has 0 fully saturated rings. The van der Waals surface area contributed by atoms with Crippen molar-refractivity contribution in [3.05, 3.63) is 0 Å². The van der Waals surface area contributed by atoms with Gasteiger partial charge in [0.05, 0.1) is 6.61 Å². The molecular weight excluding hydrogens is 208 g/mol. The van der Waals surface area contributed by atoms with Gasteiger partial charge in [-0.15, -0.1) is 0 Å². The van der Waals surface area contributed by atoms with E-state index in [-0.39, 0.29) is 12.9 Å². The van der Waals surface area contributed by atoms with Crippen LogP contribution in [0.3, 0.4) is 0 Å². The van der Waals surface area contributed by atoms with Crippen LogP contribution in [0.4, 0.5) is 0 Å². The van der Waals surface area contributed by atoms with Crippen LogP contribution in [0.1, 0.15) is 6.92 Å². The van der Waals surface area contributed by atoms with Crippen LogP contribution in [0.25, 0.3) is 0 Å². The normalized spacial score (nSPS) is 18.7. The number of esters is 1. The number of aldehydes is 1. The Labute approximate surface area is 85.9 Å². The van der Waals surface area contributed by atoms with E-state index in [0.29, 0.717) is 0 Å². The third-order valence-electron chi connectivity index (χ3n) is 1.69. The third-order valence-corrected chi connectivity index (χ3v) is 1.69. The average molecular weight is 222 g/mol. The maximum atomic E-state index is 10.9. The van der Waals surface area contributed by atoms with Gasteiger partial charge < -0.3 is 30.0 Å². The minimum Gasteiger partial charge on any atom is -0.464 e. The zero-order valence-electron chi connectivity index (χ0n) is 8.11. The molecule has 0 aromatic rings. The highest BCUT2D eigenvalue weighted by atomic mass is 16.5. The summed E-state index contributed by atoms with van der Waals surface area (Å²) in [6.07, 6.45) is -7.82.